The van der Waals surface area contributed by atoms with E-state index < -0.39 is 6.43 Å². The van der Waals surface area contributed by atoms with Crippen molar-refractivity contribution in [2.75, 3.05) is 0 Å². The highest BCUT2D eigenvalue weighted by Gasteiger charge is 2.14. The first kappa shape index (κ1) is 8.60. The van der Waals surface area contributed by atoms with Gasteiger partial charge in [-0.25, -0.2) is 8.78 Å². The molecule has 2 rings (SSSR count). The summed E-state index contributed by atoms with van der Waals surface area (Å²) >= 11 is 0. The Morgan fingerprint density at radius 1 is 1.15 bits per heavy atom. The molecule has 1 nitrogen and oxygen atoms in total. The molecule has 1 aromatic heterocycles. The SMILES string of the molecule is FC(F)c1ccc2c(n1)CCCC2. The molecule has 13 heavy (non-hydrogen) atoms. The average Bonchev–Trinajstić information content (AvgIpc) is 2.17. The van der Waals surface area contributed by atoms with Gasteiger partial charge in [-0.2, -0.15) is 0 Å². The van der Waals surface area contributed by atoms with Crippen LogP contribution >= 0.6 is 0 Å². The molecule has 3 heteroatoms. The van der Waals surface area contributed by atoms with E-state index in [9.17, 15) is 8.78 Å². The van der Waals surface area contributed by atoms with Crippen LogP contribution in [0.4, 0.5) is 8.78 Å². The second kappa shape index (κ2) is 3.40. The van der Waals surface area contributed by atoms with Gasteiger partial charge in [-0.15, -0.1) is 0 Å². The number of hydrogen-bond acceptors (Lipinski definition) is 1. The van der Waals surface area contributed by atoms with Crippen molar-refractivity contribution in [3.8, 4) is 0 Å². The third kappa shape index (κ3) is 1.69. The first-order valence-corrected chi connectivity index (χ1v) is 4.54. The molecule has 0 aromatic carbocycles. The summed E-state index contributed by atoms with van der Waals surface area (Å²) in [6, 6.07) is 3.23. The number of fused-ring (bicyclic) bond motifs is 1. The van der Waals surface area contributed by atoms with Crippen molar-refractivity contribution in [2.24, 2.45) is 0 Å². The maximum atomic E-state index is 12.3. The predicted molar refractivity (Wildman–Crippen MR) is 45.8 cm³/mol. The van der Waals surface area contributed by atoms with Crippen molar-refractivity contribution in [3.05, 3.63) is 29.1 Å². The summed E-state index contributed by atoms with van der Waals surface area (Å²) in [6.45, 7) is 0. The third-order valence-corrected chi connectivity index (χ3v) is 2.42. The second-order valence-electron chi connectivity index (χ2n) is 3.35. The summed E-state index contributed by atoms with van der Waals surface area (Å²) in [6.07, 6.45) is 1.64. The molecule has 70 valence electrons. The first-order valence-electron chi connectivity index (χ1n) is 4.54. The fraction of sp³-hybridized carbons (Fsp3) is 0.500. The monoisotopic (exact) mass is 183 g/mol. The minimum atomic E-state index is -2.44. The van der Waals surface area contributed by atoms with Crippen molar-refractivity contribution in [1.29, 1.82) is 0 Å². The second-order valence-corrected chi connectivity index (χ2v) is 3.35. The standard InChI is InChI=1S/C10H11F2N/c11-10(12)9-6-5-7-3-1-2-4-8(7)13-9/h5-6,10H,1-4H2. The zero-order valence-electron chi connectivity index (χ0n) is 7.26. The number of hydrogen-bond donors (Lipinski definition) is 0. The lowest BCUT2D eigenvalue weighted by Crippen LogP contribution is -2.06. The maximum Gasteiger partial charge on any atom is 0.280 e. The summed E-state index contributed by atoms with van der Waals surface area (Å²) in [7, 11) is 0. The highest BCUT2D eigenvalue weighted by Crippen LogP contribution is 2.23. The highest BCUT2D eigenvalue weighted by molar-refractivity contribution is 5.25. The largest absolute Gasteiger partial charge is 0.280 e. The quantitative estimate of drug-likeness (QED) is 0.652. The highest BCUT2D eigenvalue weighted by atomic mass is 19.3. The smallest absolute Gasteiger partial charge is 0.252 e. The fourth-order valence-corrected chi connectivity index (χ4v) is 1.72. The Bertz CT molecular complexity index is 310. The molecule has 0 aliphatic heterocycles. The number of aromatic nitrogens is 1. The zero-order chi connectivity index (χ0) is 9.26. The molecule has 1 aromatic rings. The van der Waals surface area contributed by atoms with E-state index in [1.165, 1.54) is 6.07 Å². The third-order valence-electron chi connectivity index (χ3n) is 2.42. The van der Waals surface area contributed by atoms with E-state index in [0.29, 0.717) is 0 Å². The number of rotatable bonds is 1. The first-order chi connectivity index (χ1) is 6.27. The number of pyridine rings is 1. The molecule has 0 unspecified atom stereocenters. The van der Waals surface area contributed by atoms with Gasteiger partial charge in [0.1, 0.15) is 5.69 Å². The lowest BCUT2D eigenvalue weighted by Gasteiger charge is -2.14. The maximum absolute atomic E-state index is 12.3. The Hall–Kier alpha value is -0.990. The van der Waals surface area contributed by atoms with Gasteiger partial charge in [0.25, 0.3) is 6.43 Å². The Morgan fingerprint density at radius 2 is 1.92 bits per heavy atom. The molecule has 0 atom stereocenters. The Kier molecular flexibility index (Phi) is 2.25. The van der Waals surface area contributed by atoms with E-state index >= 15 is 0 Å². The predicted octanol–water partition coefficient (Wildman–Crippen LogP) is 2.90. The van der Waals surface area contributed by atoms with Crippen molar-refractivity contribution in [1.82, 2.24) is 4.98 Å². The van der Waals surface area contributed by atoms with E-state index in [2.05, 4.69) is 4.98 Å². The van der Waals surface area contributed by atoms with E-state index in [4.69, 9.17) is 0 Å². The summed E-state index contributed by atoms with van der Waals surface area (Å²) in [4.78, 5) is 3.96. The molecule has 0 fully saturated rings. The van der Waals surface area contributed by atoms with Crippen LogP contribution in [0.5, 0.6) is 0 Å². The summed E-state index contributed by atoms with van der Waals surface area (Å²) in [5.74, 6) is 0. The normalized spacial score (nSPS) is 15.9. The minimum absolute atomic E-state index is 0.0827. The van der Waals surface area contributed by atoms with Crippen LogP contribution in [-0.2, 0) is 12.8 Å². The molecule has 1 aliphatic rings. The molecule has 0 saturated carbocycles. The van der Waals surface area contributed by atoms with Crippen LogP contribution in [0.3, 0.4) is 0 Å². The van der Waals surface area contributed by atoms with Gasteiger partial charge in [-0.1, -0.05) is 6.07 Å². The molecule has 0 radical (unpaired) electrons. The van der Waals surface area contributed by atoms with E-state index in [-0.39, 0.29) is 5.69 Å². The number of nitrogens with zero attached hydrogens (tertiary/aromatic N) is 1. The molecule has 1 heterocycles. The van der Waals surface area contributed by atoms with Crippen LogP contribution in [0.15, 0.2) is 12.1 Å². The topological polar surface area (TPSA) is 12.9 Å². The van der Waals surface area contributed by atoms with Crippen LogP contribution in [0.25, 0.3) is 0 Å². The molecule has 0 spiro atoms. The molecular formula is C10H11F2N. The van der Waals surface area contributed by atoms with Crippen molar-refractivity contribution in [3.63, 3.8) is 0 Å². The van der Waals surface area contributed by atoms with Crippen LogP contribution < -0.4 is 0 Å². The molecule has 0 bridgehead atoms. The van der Waals surface area contributed by atoms with Gasteiger partial charge in [0.2, 0.25) is 0 Å². The summed E-state index contributed by atoms with van der Waals surface area (Å²) in [5, 5.41) is 0. The van der Waals surface area contributed by atoms with E-state index in [1.807, 2.05) is 0 Å². The van der Waals surface area contributed by atoms with Gasteiger partial charge in [-0.3, -0.25) is 4.98 Å². The number of halogens is 2. The van der Waals surface area contributed by atoms with Gasteiger partial charge in [0, 0.05) is 5.69 Å². The fourth-order valence-electron chi connectivity index (χ4n) is 1.72. The summed E-state index contributed by atoms with van der Waals surface area (Å²) < 4.78 is 24.5. The van der Waals surface area contributed by atoms with Gasteiger partial charge in [0.05, 0.1) is 0 Å². The molecular weight excluding hydrogens is 172 g/mol. The summed E-state index contributed by atoms with van der Waals surface area (Å²) in [5.41, 5.74) is 1.94. The van der Waals surface area contributed by atoms with Crippen LogP contribution in [0.1, 0.15) is 36.2 Å². The van der Waals surface area contributed by atoms with E-state index in [0.717, 1.165) is 36.9 Å². The number of aryl methyl sites for hydroxylation is 2. The van der Waals surface area contributed by atoms with Gasteiger partial charge < -0.3 is 0 Å². The van der Waals surface area contributed by atoms with E-state index in [1.54, 1.807) is 6.07 Å². The Balaban J connectivity index is 2.35. The average molecular weight is 183 g/mol. The van der Waals surface area contributed by atoms with Crippen molar-refractivity contribution >= 4 is 0 Å². The van der Waals surface area contributed by atoms with Crippen LogP contribution in [0, 0.1) is 0 Å². The van der Waals surface area contributed by atoms with Gasteiger partial charge in [-0.05, 0) is 37.3 Å². The van der Waals surface area contributed by atoms with Gasteiger partial charge >= 0.3 is 0 Å². The molecule has 0 amide bonds. The molecule has 0 N–H and O–H groups in total. The minimum Gasteiger partial charge on any atom is -0.252 e. The molecule has 0 saturated heterocycles. The van der Waals surface area contributed by atoms with Crippen LogP contribution in [-0.4, -0.2) is 4.98 Å². The van der Waals surface area contributed by atoms with Gasteiger partial charge in [0.15, 0.2) is 0 Å². The lowest BCUT2D eigenvalue weighted by molar-refractivity contribution is 0.145. The van der Waals surface area contributed by atoms with Crippen LogP contribution in [0.2, 0.25) is 0 Å². The Labute approximate surface area is 75.8 Å². The van der Waals surface area contributed by atoms with Crippen molar-refractivity contribution in [2.45, 2.75) is 32.1 Å². The Morgan fingerprint density at radius 3 is 2.69 bits per heavy atom. The lowest BCUT2D eigenvalue weighted by atomic mass is 9.96. The number of alkyl halides is 2. The van der Waals surface area contributed by atoms with Crippen molar-refractivity contribution < 1.29 is 8.78 Å². The zero-order valence-corrected chi connectivity index (χ0v) is 7.26. The molecule has 1 aliphatic carbocycles.